The van der Waals surface area contributed by atoms with Gasteiger partial charge in [0.05, 0.1) is 0 Å². The minimum absolute atomic E-state index is 1.20. The van der Waals surface area contributed by atoms with Crippen LogP contribution in [0.3, 0.4) is 0 Å². The van der Waals surface area contributed by atoms with Gasteiger partial charge in [-0.15, -0.1) is 0 Å². The van der Waals surface area contributed by atoms with E-state index in [9.17, 15) is 0 Å². The monoisotopic (exact) mass is 334 g/mol. The maximum atomic E-state index is 3.28. The average Bonchev–Trinajstić information content (AvgIpc) is 3.38. The van der Waals surface area contributed by atoms with Crippen molar-refractivity contribution in [2.24, 2.45) is 0 Å². The summed E-state index contributed by atoms with van der Waals surface area (Å²) in [6, 6.07) is 29.5. The topological polar surface area (TPSA) is 31.6 Å². The zero-order valence-corrected chi connectivity index (χ0v) is 14.2. The molecule has 0 saturated heterocycles. The van der Waals surface area contributed by atoms with Crippen LogP contribution in [0.5, 0.6) is 0 Å². The van der Waals surface area contributed by atoms with E-state index < -0.39 is 0 Å². The van der Waals surface area contributed by atoms with Gasteiger partial charge >= 0.3 is 0 Å². The predicted octanol–water partition coefficient (Wildman–Crippen LogP) is 6.55. The number of para-hydroxylation sites is 2. The first-order chi connectivity index (χ1) is 12.9. The van der Waals surface area contributed by atoms with Crippen LogP contribution in [-0.2, 0) is 0 Å². The second kappa shape index (κ2) is 6.08. The molecule has 6 rings (SSSR count). The molecule has 0 amide bonds. The van der Waals surface area contributed by atoms with Crippen LogP contribution in [0.1, 0.15) is 0 Å². The Hall–Kier alpha value is -3.52. The number of benzene rings is 2. The second-order valence-corrected chi connectivity index (χ2v) is 6.46. The van der Waals surface area contributed by atoms with E-state index in [1.54, 1.807) is 0 Å². The van der Waals surface area contributed by atoms with Crippen molar-refractivity contribution in [2.45, 2.75) is 0 Å². The summed E-state index contributed by atoms with van der Waals surface area (Å²) >= 11 is 0. The highest BCUT2D eigenvalue weighted by Gasteiger charge is 2.06. The summed E-state index contributed by atoms with van der Waals surface area (Å²) in [5, 5.41) is 2.59. The molecule has 2 aromatic carbocycles. The summed E-state index contributed by atoms with van der Waals surface area (Å²) in [6.45, 7) is 0. The Bertz CT molecular complexity index is 1140. The first-order valence-electron chi connectivity index (χ1n) is 8.80. The Morgan fingerprint density at radius 1 is 0.423 bits per heavy atom. The molecule has 0 saturated carbocycles. The fraction of sp³-hybridized carbons (Fsp3) is 0. The molecule has 124 valence electrons. The summed E-state index contributed by atoms with van der Waals surface area (Å²) < 4.78 is 0. The number of pyridine rings is 2. The third-order valence-electron chi connectivity index (χ3n) is 4.90. The third kappa shape index (κ3) is 2.44. The number of hydrogen-bond acceptors (Lipinski definition) is 0. The van der Waals surface area contributed by atoms with E-state index >= 15 is 0 Å². The normalized spacial score (nSPS) is 11.1. The largest absolute Gasteiger partial charge is 0.361 e. The zero-order valence-electron chi connectivity index (χ0n) is 14.2. The van der Waals surface area contributed by atoms with Crippen LogP contribution in [0.4, 0.5) is 0 Å². The smallest absolute Gasteiger partial charge is 0.0459 e. The minimum Gasteiger partial charge on any atom is -0.361 e. The average molecular weight is 334 g/mol. The maximum absolute atomic E-state index is 3.28. The van der Waals surface area contributed by atoms with Gasteiger partial charge < -0.3 is 9.97 Å². The molecule has 2 aliphatic carbocycles. The van der Waals surface area contributed by atoms with E-state index in [4.69, 9.17) is 0 Å². The first kappa shape index (κ1) is 14.8. The molecule has 2 heterocycles. The molecule has 4 aliphatic rings. The lowest BCUT2D eigenvalue weighted by molar-refractivity contribution is 1.42. The Morgan fingerprint density at radius 3 is 1.38 bits per heavy atom. The van der Waals surface area contributed by atoms with Crippen LogP contribution in [0.2, 0.25) is 0 Å². The van der Waals surface area contributed by atoms with E-state index in [0.29, 0.717) is 0 Å². The van der Waals surface area contributed by atoms with Gasteiger partial charge in [-0.3, -0.25) is 0 Å². The van der Waals surface area contributed by atoms with E-state index in [2.05, 4.69) is 95.2 Å². The molecule has 0 unspecified atom stereocenters. The lowest BCUT2D eigenvalue weighted by atomic mass is 10.1. The van der Waals surface area contributed by atoms with E-state index in [0.717, 1.165) is 0 Å². The Labute approximate surface area is 151 Å². The lowest BCUT2D eigenvalue weighted by Gasteiger charge is -2.04. The van der Waals surface area contributed by atoms with E-state index in [1.165, 1.54) is 44.1 Å². The molecular weight excluding hydrogens is 316 g/mol. The molecule has 0 aromatic heterocycles. The number of H-pyrrole nitrogens is 2. The molecule has 0 bridgehead atoms. The van der Waals surface area contributed by atoms with Gasteiger partial charge in [-0.25, -0.2) is 0 Å². The first-order valence-corrected chi connectivity index (χ1v) is 8.80. The summed E-state index contributed by atoms with van der Waals surface area (Å²) in [4.78, 5) is 6.56. The van der Waals surface area contributed by atoms with Crippen molar-refractivity contribution >= 4 is 21.8 Å². The number of hydrogen-bond donors (Lipinski definition) is 2. The molecule has 2 heteroatoms. The number of fused-ring (bicyclic) bond motifs is 6. The van der Waals surface area contributed by atoms with Crippen molar-refractivity contribution in [3.63, 3.8) is 0 Å². The van der Waals surface area contributed by atoms with Crippen molar-refractivity contribution in [1.29, 1.82) is 0 Å². The lowest BCUT2D eigenvalue weighted by Crippen LogP contribution is -1.81. The Kier molecular flexibility index (Phi) is 3.46. The molecule has 0 radical (unpaired) electrons. The maximum Gasteiger partial charge on any atom is 0.0459 e. The van der Waals surface area contributed by atoms with Gasteiger partial charge in [0, 0.05) is 34.2 Å². The highest BCUT2D eigenvalue weighted by Crippen LogP contribution is 2.30. The van der Waals surface area contributed by atoms with Gasteiger partial charge in [0.25, 0.3) is 0 Å². The SMILES string of the molecule is c1cc2c[nH]c3ccccc3c-2c1.c1cc2c[nH]c3ccccc3c-2c1. The summed E-state index contributed by atoms with van der Waals surface area (Å²) in [7, 11) is 0. The predicted molar refractivity (Wildman–Crippen MR) is 110 cm³/mol. The molecule has 2 nitrogen and oxygen atoms in total. The van der Waals surface area contributed by atoms with Gasteiger partial charge in [0.1, 0.15) is 0 Å². The second-order valence-electron chi connectivity index (χ2n) is 6.46. The molecule has 0 spiro atoms. The van der Waals surface area contributed by atoms with Gasteiger partial charge in [0.2, 0.25) is 0 Å². The highest BCUT2D eigenvalue weighted by atomic mass is 14.7. The summed E-state index contributed by atoms with van der Waals surface area (Å²) in [5.41, 5.74) is 7.60. The molecule has 0 fully saturated rings. The van der Waals surface area contributed by atoms with Crippen LogP contribution < -0.4 is 0 Å². The van der Waals surface area contributed by atoms with Crippen LogP contribution >= 0.6 is 0 Å². The molecule has 2 aliphatic heterocycles. The van der Waals surface area contributed by atoms with Crippen LogP contribution in [0.25, 0.3) is 44.1 Å². The van der Waals surface area contributed by atoms with Gasteiger partial charge in [0.15, 0.2) is 0 Å². The quantitative estimate of drug-likeness (QED) is 0.316. The number of aromatic nitrogens is 2. The number of nitrogens with one attached hydrogen (secondary N) is 2. The van der Waals surface area contributed by atoms with Gasteiger partial charge in [-0.2, -0.15) is 0 Å². The Morgan fingerprint density at radius 2 is 0.885 bits per heavy atom. The third-order valence-corrected chi connectivity index (χ3v) is 4.90. The molecule has 2 aromatic rings. The standard InChI is InChI=1S/2C12H9N/c2*1-2-7-12-11(5-1)10-6-3-4-9(10)8-13-12/h2*1-8,13H. The van der Waals surface area contributed by atoms with Crippen molar-refractivity contribution in [3.8, 4) is 22.3 Å². The molecule has 2 N–H and O–H groups in total. The van der Waals surface area contributed by atoms with E-state index in [-0.39, 0.29) is 0 Å². The number of aromatic amines is 2. The van der Waals surface area contributed by atoms with E-state index in [1.807, 2.05) is 12.1 Å². The van der Waals surface area contributed by atoms with Crippen LogP contribution in [-0.4, -0.2) is 9.97 Å². The van der Waals surface area contributed by atoms with Crippen molar-refractivity contribution in [2.75, 3.05) is 0 Å². The molecular formula is C24H18N2. The van der Waals surface area contributed by atoms with Crippen LogP contribution in [0.15, 0.2) is 97.3 Å². The zero-order chi connectivity index (χ0) is 17.3. The summed E-state index contributed by atoms with van der Waals surface area (Å²) in [6.07, 6.45) is 4.11. The minimum atomic E-state index is 1.20. The van der Waals surface area contributed by atoms with Crippen LogP contribution in [0, 0.1) is 0 Å². The molecule has 0 atom stereocenters. The fourth-order valence-electron chi connectivity index (χ4n) is 3.61. The van der Waals surface area contributed by atoms with Gasteiger partial charge in [-0.05, 0) is 34.4 Å². The molecule has 26 heavy (non-hydrogen) atoms. The number of rotatable bonds is 0. The van der Waals surface area contributed by atoms with Crippen molar-refractivity contribution in [3.05, 3.63) is 97.3 Å². The summed E-state index contributed by atoms with van der Waals surface area (Å²) in [5.74, 6) is 0. The Balaban J connectivity index is 0.000000115. The van der Waals surface area contributed by atoms with Crippen molar-refractivity contribution < 1.29 is 0 Å². The van der Waals surface area contributed by atoms with Gasteiger partial charge in [-0.1, -0.05) is 72.8 Å². The van der Waals surface area contributed by atoms with Crippen molar-refractivity contribution in [1.82, 2.24) is 9.97 Å². The fourth-order valence-corrected chi connectivity index (χ4v) is 3.61. The highest BCUT2D eigenvalue weighted by molar-refractivity contribution is 5.96.